The number of rotatable bonds is 2. The molecule has 0 N–H and O–H groups in total. The van der Waals surface area contributed by atoms with Crippen molar-refractivity contribution in [1.82, 2.24) is 9.55 Å². The molecule has 0 bridgehead atoms. The monoisotopic (exact) mass is 192 g/mol. The Balaban J connectivity index is 2.19. The second-order valence-electron chi connectivity index (χ2n) is 3.17. The van der Waals surface area contributed by atoms with Crippen LogP contribution in [0.1, 0.15) is 16.3 Å². The molecule has 0 aliphatic heterocycles. The summed E-state index contributed by atoms with van der Waals surface area (Å²) in [4.78, 5) is 5.55. The summed E-state index contributed by atoms with van der Waals surface area (Å²) >= 11 is 1.80. The summed E-state index contributed by atoms with van der Waals surface area (Å²) in [5, 5.41) is 2.20. The van der Waals surface area contributed by atoms with E-state index in [2.05, 4.69) is 27.9 Å². The van der Waals surface area contributed by atoms with Gasteiger partial charge in [-0.05, 0) is 30.9 Å². The van der Waals surface area contributed by atoms with Crippen molar-refractivity contribution in [3.05, 3.63) is 40.1 Å². The van der Waals surface area contributed by atoms with Crippen molar-refractivity contribution in [3.63, 3.8) is 0 Å². The Hall–Kier alpha value is -1.09. The van der Waals surface area contributed by atoms with Gasteiger partial charge in [0.25, 0.3) is 0 Å². The molecule has 0 aliphatic rings. The maximum Gasteiger partial charge on any atom is 0.105 e. The van der Waals surface area contributed by atoms with E-state index >= 15 is 0 Å². The normalized spacial score (nSPS) is 10.6. The predicted molar refractivity (Wildman–Crippen MR) is 55.1 cm³/mol. The molecule has 13 heavy (non-hydrogen) atoms. The van der Waals surface area contributed by atoms with Crippen LogP contribution >= 0.6 is 11.3 Å². The predicted octanol–water partition coefficient (Wildman–Crippen LogP) is 2.61. The van der Waals surface area contributed by atoms with Crippen LogP contribution in [0.3, 0.4) is 0 Å². The summed E-state index contributed by atoms with van der Waals surface area (Å²) in [6.07, 6.45) is 3.86. The van der Waals surface area contributed by atoms with Gasteiger partial charge in [-0.25, -0.2) is 4.98 Å². The quantitative estimate of drug-likeness (QED) is 0.715. The fourth-order valence-corrected chi connectivity index (χ4v) is 2.05. The van der Waals surface area contributed by atoms with Gasteiger partial charge < -0.3 is 4.57 Å². The van der Waals surface area contributed by atoms with Crippen LogP contribution in [0.5, 0.6) is 0 Å². The molecule has 0 aromatic carbocycles. The summed E-state index contributed by atoms with van der Waals surface area (Å²) in [5.41, 5.74) is 1.36. The zero-order valence-electron chi connectivity index (χ0n) is 7.82. The van der Waals surface area contributed by atoms with Gasteiger partial charge >= 0.3 is 0 Å². The SMILES string of the molecule is Cc1cc(Cn2ccnc2C)cs1. The highest BCUT2D eigenvalue weighted by Gasteiger charge is 1.99. The van der Waals surface area contributed by atoms with Crippen LogP contribution in [0.25, 0.3) is 0 Å². The molecule has 0 saturated carbocycles. The van der Waals surface area contributed by atoms with E-state index in [9.17, 15) is 0 Å². The second-order valence-corrected chi connectivity index (χ2v) is 4.28. The number of nitrogens with zero attached hydrogens (tertiary/aromatic N) is 2. The van der Waals surface area contributed by atoms with Crippen LogP contribution in [-0.4, -0.2) is 9.55 Å². The average Bonchev–Trinajstić information content (AvgIpc) is 2.64. The second kappa shape index (κ2) is 3.34. The smallest absolute Gasteiger partial charge is 0.105 e. The summed E-state index contributed by atoms with van der Waals surface area (Å²) in [6, 6.07) is 2.23. The standard InChI is InChI=1S/C10H12N2S/c1-8-5-10(7-13-8)6-12-4-3-11-9(12)2/h3-5,7H,6H2,1-2H3. The number of hydrogen-bond donors (Lipinski definition) is 0. The molecule has 2 heterocycles. The molecule has 2 aromatic rings. The van der Waals surface area contributed by atoms with Crippen molar-refractivity contribution < 1.29 is 0 Å². The lowest BCUT2D eigenvalue weighted by molar-refractivity contribution is 0.764. The fourth-order valence-electron chi connectivity index (χ4n) is 1.35. The first-order chi connectivity index (χ1) is 6.25. The molecule has 0 aliphatic carbocycles. The van der Waals surface area contributed by atoms with E-state index in [4.69, 9.17) is 0 Å². The highest BCUT2D eigenvalue weighted by atomic mass is 32.1. The lowest BCUT2D eigenvalue weighted by Crippen LogP contribution is -1.99. The largest absolute Gasteiger partial charge is 0.331 e. The molecule has 2 rings (SSSR count). The molecule has 0 radical (unpaired) electrons. The van der Waals surface area contributed by atoms with Gasteiger partial charge in [-0.3, -0.25) is 0 Å². The van der Waals surface area contributed by atoms with E-state index < -0.39 is 0 Å². The Kier molecular flexibility index (Phi) is 2.19. The summed E-state index contributed by atoms with van der Waals surface area (Å²) in [6.45, 7) is 5.10. The van der Waals surface area contributed by atoms with Crippen LogP contribution in [0, 0.1) is 13.8 Å². The van der Waals surface area contributed by atoms with Gasteiger partial charge in [0.2, 0.25) is 0 Å². The van der Waals surface area contributed by atoms with Crippen molar-refractivity contribution in [1.29, 1.82) is 0 Å². The van der Waals surface area contributed by atoms with E-state index in [-0.39, 0.29) is 0 Å². The lowest BCUT2D eigenvalue weighted by atomic mass is 10.3. The summed E-state index contributed by atoms with van der Waals surface area (Å²) < 4.78 is 2.15. The molecular formula is C10H12N2S. The fraction of sp³-hybridized carbons (Fsp3) is 0.300. The van der Waals surface area contributed by atoms with Gasteiger partial charge in [0.05, 0.1) is 0 Å². The van der Waals surface area contributed by atoms with E-state index in [0.29, 0.717) is 0 Å². The van der Waals surface area contributed by atoms with Gasteiger partial charge in [0, 0.05) is 23.8 Å². The Bertz CT molecular complexity index is 400. The van der Waals surface area contributed by atoms with Crippen LogP contribution in [-0.2, 0) is 6.54 Å². The van der Waals surface area contributed by atoms with Crippen LogP contribution in [0.4, 0.5) is 0 Å². The molecular weight excluding hydrogens is 180 g/mol. The van der Waals surface area contributed by atoms with Gasteiger partial charge in [-0.2, -0.15) is 0 Å². The first-order valence-electron chi connectivity index (χ1n) is 4.27. The molecule has 68 valence electrons. The molecule has 0 unspecified atom stereocenters. The third-order valence-corrected chi connectivity index (χ3v) is 2.97. The minimum absolute atomic E-state index is 0.941. The molecule has 0 amide bonds. The van der Waals surface area contributed by atoms with Crippen molar-refractivity contribution in [2.45, 2.75) is 20.4 Å². The summed E-state index contributed by atoms with van der Waals surface area (Å²) in [7, 11) is 0. The minimum atomic E-state index is 0.941. The molecule has 0 fully saturated rings. The highest BCUT2D eigenvalue weighted by Crippen LogP contribution is 2.14. The topological polar surface area (TPSA) is 17.8 Å². The molecule has 2 aromatic heterocycles. The number of thiophene rings is 1. The first-order valence-corrected chi connectivity index (χ1v) is 5.15. The molecule has 3 heteroatoms. The van der Waals surface area contributed by atoms with Gasteiger partial charge in [-0.15, -0.1) is 11.3 Å². The number of aryl methyl sites for hydroxylation is 2. The number of imidazole rings is 1. The third kappa shape index (κ3) is 1.80. The van der Waals surface area contributed by atoms with E-state index in [1.54, 1.807) is 11.3 Å². The Labute approximate surface area is 81.9 Å². The molecule has 2 nitrogen and oxygen atoms in total. The van der Waals surface area contributed by atoms with Crippen LogP contribution in [0.2, 0.25) is 0 Å². The third-order valence-electron chi connectivity index (χ3n) is 2.06. The highest BCUT2D eigenvalue weighted by molar-refractivity contribution is 7.10. The number of hydrogen-bond acceptors (Lipinski definition) is 2. The van der Waals surface area contributed by atoms with Gasteiger partial charge in [-0.1, -0.05) is 0 Å². The van der Waals surface area contributed by atoms with Crippen molar-refractivity contribution in [2.75, 3.05) is 0 Å². The van der Waals surface area contributed by atoms with Crippen molar-refractivity contribution >= 4 is 11.3 Å². The van der Waals surface area contributed by atoms with Gasteiger partial charge in [0.1, 0.15) is 5.82 Å². The van der Waals surface area contributed by atoms with E-state index in [0.717, 1.165) is 12.4 Å². The number of aromatic nitrogens is 2. The Morgan fingerprint density at radius 1 is 1.46 bits per heavy atom. The zero-order valence-corrected chi connectivity index (χ0v) is 8.64. The average molecular weight is 192 g/mol. The minimum Gasteiger partial charge on any atom is -0.331 e. The molecule has 0 saturated heterocycles. The molecule has 0 atom stereocenters. The van der Waals surface area contributed by atoms with Crippen molar-refractivity contribution in [2.24, 2.45) is 0 Å². The first kappa shape index (κ1) is 8.51. The van der Waals surface area contributed by atoms with E-state index in [1.807, 2.05) is 19.3 Å². The van der Waals surface area contributed by atoms with E-state index in [1.165, 1.54) is 10.4 Å². The zero-order chi connectivity index (χ0) is 9.26. The Morgan fingerprint density at radius 2 is 2.31 bits per heavy atom. The lowest BCUT2D eigenvalue weighted by Gasteiger charge is -2.01. The van der Waals surface area contributed by atoms with Gasteiger partial charge in [0.15, 0.2) is 0 Å². The van der Waals surface area contributed by atoms with Crippen molar-refractivity contribution in [3.8, 4) is 0 Å². The molecule has 0 spiro atoms. The van der Waals surface area contributed by atoms with Crippen LogP contribution in [0.15, 0.2) is 23.8 Å². The van der Waals surface area contributed by atoms with Crippen LogP contribution < -0.4 is 0 Å². The maximum absolute atomic E-state index is 4.19. The Morgan fingerprint density at radius 3 is 2.85 bits per heavy atom. The maximum atomic E-state index is 4.19. The summed E-state index contributed by atoms with van der Waals surface area (Å²) in [5.74, 6) is 1.07.